The van der Waals surface area contributed by atoms with E-state index >= 15 is 4.39 Å². The predicted octanol–water partition coefficient (Wildman–Crippen LogP) is 4.95. The van der Waals surface area contributed by atoms with E-state index in [1.165, 1.54) is 6.08 Å². The third-order valence-corrected chi connectivity index (χ3v) is 7.37. The first-order valence-electron chi connectivity index (χ1n) is 13.7. The molecule has 1 aliphatic heterocycles. The number of methoxy groups -OCH3 is 1. The lowest BCUT2D eigenvalue weighted by Gasteiger charge is -2.26. The Hall–Kier alpha value is -4.48. The van der Waals surface area contributed by atoms with Gasteiger partial charge in [-0.2, -0.15) is 0 Å². The van der Waals surface area contributed by atoms with E-state index in [0.717, 1.165) is 40.6 Å². The van der Waals surface area contributed by atoms with Crippen LogP contribution in [0.15, 0.2) is 49.2 Å². The van der Waals surface area contributed by atoms with Gasteiger partial charge in [-0.3, -0.25) is 4.79 Å². The number of likely N-dealkylation sites (N-methyl/N-ethyl adjacent to an activating group) is 2. The van der Waals surface area contributed by atoms with Crippen LogP contribution >= 0.6 is 0 Å². The fourth-order valence-electron chi connectivity index (χ4n) is 5.26. The van der Waals surface area contributed by atoms with Crippen molar-refractivity contribution >= 4 is 39.8 Å². The maximum absolute atomic E-state index is 15.4. The number of halogens is 1. The Bertz CT molecular complexity index is 1650. The molecule has 11 heteroatoms. The van der Waals surface area contributed by atoms with E-state index in [0.29, 0.717) is 49.0 Å². The van der Waals surface area contributed by atoms with Crippen molar-refractivity contribution in [3.05, 3.63) is 66.3 Å². The van der Waals surface area contributed by atoms with Gasteiger partial charge in [0.05, 0.1) is 54.8 Å². The predicted molar refractivity (Wildman–Crippen MR) is 164 cm³/mol. The lowest BCUT2D eigenvalue weighted by molar-refractivity contribution is -0.111. The number of nitrogens with one attached hydrogen (secondary N) is 2. The Balaban J connectivity index is 1.58. The summed E-state index contributed by atoms with van der Waals surface area (Å²) in [6.45, 7) is 8.78. The third-order valence-electron chi connectivity index (χ3n) is 7.37. The van der Waals surface area contributed by atoms with Crippen molar-refractivity contribution in [1.82, 2.24) is 19.4 Å². The van der Waals surface area contributed by atoms with E-state index in [4.69, 9.17) is 9.47 Å². The number of hydrogen-bond acceptors (Lipinski definition) is 8. The van der Waals surface area contributed by atoms with E-state index in [1.807, 2.05) is 44.2 Å². The minimum absolute atomic E-state index is 0.178. The molecular weight excluding hydrogens is 537 g/mol. The van der Waals surface area contributed by atoms with Crippen LogP contribution in [0.1, 0.15) is 11.3 Å². The zero-order chi connectivity index (χ0) is 30.0. The minimum atomic E-state index is -0.535. The molecule has 1 aliphatic rings. The number of carbonyl (C=O) groups is 1. The molecule has 0 unspecified atom stereocenters. The number of para-hydroxylation sites is 1. The molecule has 5 rings (SSSR count). The van der Waals surface area contributed by atoms with Gasteiger partial charge in [0.1, 0.15) is 11.4 Å². The molecular formula is C31H36FN7O3. The van der Waals surface area contributed by atoms with Gasteiger partial charge >= 0.3 is 0 Å². The molecule has 0 fully saturated rings. The minimum Gasteiger partial charge on any atom is -0.494 e. The smallest absolute Gasteiger partial charge is 0.247 e. The maximum atomic E-state index is 15.4. The average Bonchev–Trinajstić information content (AvgIpc) is 3.32. The lowest BCUT2D eigenvalue weighted by Crippen LogP contribution is -2.29. The molecule has 4 aromatic rings. The second kappa shape index (κ2) is 12.2. The van der Waals surface area contributed by atoms with Crippen molar-refractivity contribution in [2.45, 2.75) is 20.1 Å². The van der Waals surface area contributed by atoms with Crippen molar-refractivity contribution in [2.24, 2.45) is 0 Å². The van der Waals surface area contributed by atoms with Crippen LogP contribution in [0.25, 0.3) is 22.2 Å². The van der Waals surface area contributed by atoms with E-state index in [-0.39, 0.29) is 17.5 Å². The first-order chi connectivity index (χ1) is 20.2. The van der Waals surface area contributed by atoms with Gasteiger partial charge in [0, 0.05) is 43.7 Å². The molecule has 2 aromatic heterocycles. The number of rotatable bonds is 10. The second-order valence-corrected chi connectivity index (χ2v) is 10.5. The van der Waals surface area contributed by atoms with E-state index in [2.05, 4.69) is 49.6 Å². The normalized spacial score (nSPS) is 12.7. The van der Waals surface area contributed by atoms with Crippen LogP contribution in [0.4, 0.5) is 27.4 Å². The Morgan fingerprint density at radius 1 is 1.24 bits per heavy atom. The van der Waals surface area contributed by atoms with Crippen molar-refractivity contribution in [3.8, 4) is 17.0 Å². The van der Waals surface area contributed by atoms with Crippen LogP contribution in [0.3, 0.4) is 0 Å². The largest absolute Gasteiger partial charge is 0.494 e. The molecule has 2 aromatic carbocycles. The van der Waals surface area contributed by atoms with E-state index in [1.54, 1.807) is 13.2 Å². The number of aromatic nitrogens is 3. The Morgan fingerprint density at radius 2 is 2.05 bits per heavy atom. The summed E-state index contributed by atoms with van der Waals surface area (Å²) in [7, 11) is 7.50. The number of amides is 1. The van der Waals surface area contributed by atoms with E-state index < -0.39 is 5.82 Å². The van der Waals surface area contributed by atoms with Gasteiger partial charge < -0.3 is 34.5 Å². The highest BCUT2D eigenvalue weighted by Crippen LogP contribution is 2.40. The van der Waals surface area contributed by atoms with Crippen LogP contribution < -0.4 is 20.3 Å². The van der Waals surface area contributed by atoms with Crippen LogP contribution in [0.5, 0.6) is 5.75 Å². The first kappa shape index (κ1) is 29.0. The molecule has 1 amide bonds. The fourth-order valence-corrected chi connectivity index (χ4v) is 5.26. The molecule has 10 nitrogen and oxygen atoms in total. The molecule has 0 bridgehead atoms. The molecule has 42 heavy (non-hydrogen) atoms. The van der Waals surface area contributed by atoms with Gasteiger partial charge in [-0.1, -0.05) is 24.8 Å². The average molecular weight is 574 g/mol. The molecule has 0 spiro atoms. The van der Waals surface area contributed by atoms with Crippen molar-refractivity contribution in [2.75, 3.05) is 63.5 Å². The number of carbonyl (C=O) groups excluding carboxylic acids is 1. The van der Waals surface area contributed by atoms with Crippen molar-refractivity contribution in [3.63, 3.8) is 0 Å². The summed E-state index contributed by atoms with van der Waals surface area (Å²) in [6, 6.07) is 9.59. The quantitative estimate of drug-likeness (QED) is 0.257. The lowest BCUT2D eigenvalue weighted by atomic mass is 10.0. The summed E-state index contributed by atoms with van der Waals surface area (Å²) in [5.41, 5.74) is 5.72. The molecule has 0 saturated carbocycles. The summed E-state index contributed by atoms with van der Waals surface area (Å²) in [5, 5.41) is 6.98. The molecule has 3 heterocycles. The number of nitrogens with zero attached hydrogens (tertiary/aromatic N) is 5. The van der Waals surface area contributed by atoms with Crippen LogP contribution in [0, 0.1) is 12.7 Å². The Labute approximate surface area is 244 Å². The number of ether oxygens (including phenoxy) is 2. The zero-order valence-electron chi connectivity index (χ0n) is 24.6. The Morgan fingerprint density at radius 3 is 2.79 bits per heavy atom. The van der Waals surface area contributed by atoms with Gasteiger partial charge in [-0.05, 0) is 38.7 Å². The molecule has 2 N–H and O–H groups in total. The number of benzene rings is 2. The number of hydrogen-bond donors (Lipinski definition) is 2. The summed E-state index contributed by atoms with van der Waals surface area (Å²) >= 11 is 0. The van der Waals surface area contributed by atoms with Gasteiger partial charge in [0.2, 0.25) is 11.9 Å². The topological polar surface area (TPSA) is 96.8 Å². The summed E-state index contributed by atoms with van der Waals surface area (Å²) < 4.78 is 29.1. The van der Waals surface area contributed by atoms with Crippen LogP contribution in [-0.4, -0.2) is 73.3 Å². The highest BCUT2D eigenvalue weighted by molar-refractivity contribution is 6.02. The molecule has 0 saturated heterocycles. The number of anilines is 4. The van der Waals surface area contributed by atoms with Crippen LogP contribution in [0.2, 0.25) is 0 Å². The van der Waals surface area contributed by atoms with Gasteiger partial charge in [-0.25, -0.2) is 14.4 Å². The molecule has 0 atom stereocenters. The highest BCUT2D eigenvalue weighted by Gasteiger charge is 2.26. The first-order valence-corrected chi connectivity index (χ1v) is 13.7. The molecule has 0 radical (unpaired) electrons. The fraction of sp³-hybridized carbons (Fsp3) is 0.323. The highest BCUT2D eigenvalue weighted by atomic mass is 19.1. The van der Waals surface area contributed by atoms with E-state index in [9.17, 15) is 4.79 Å². The summed E-state index contributed by atoms with van der Waals surface area (Å²) in [6.07, 6.45) is 2.38. The number of aryl methyl sites for hydroxylation is 1. The van der Waals surface area contributed by atoms with Crippen molar-refractivity contribution in [1.29, 1.82) is 0 Å². The third kappa shape index (κ3) is 5.65. The standard InChI is InChI=1S/C31H36FN7O3/c1-7-27(40)34-22-15-23(26(41-6)16-24(22)38(5)12-11-37(3)4)35-31-33-17-21(32)29(36-31)28-20-10-8-9-19(2)30(20)39-13-14-42-18-25(28)39/h7-10,15-17H,1,11-14,18H2,2-6H3,(H,34,40)(H,33,35,36). The molecule has 220 valence electrons. The Kier molecular flexibility index (Phi) is 8.41. The van der Waals surface area contributed by atoms with Crippen LogP contribution in [-0.2, 0) is 22.7 Å². The summed E-state index contributed by atoms with van der Waals surface area (Å²) in [4.78, 5) is 25.3. The van der Waals surface area contributed by atoms with Gasteiger partial charge in [0.15, 0.2) is 5.82 Å². The number of fused-ring (bicyclic) bond motifs is 3. The molecule has 0 aliphatic carbocycles. The maximum Gasteiger partial charge on any atom is 0.247 e. The second-order valence-electron chi connectivity index (χ2n) is 10.5. The zero-order valence-corrected chi connectivity index (χ0v) is 24.6. The van der Waals surface area contributed by atoms with Gasteiger partial charge in [-0.15, -0.1) is 0 Å². The monoisotopic (exact) mass is 573 g/mol. The van der Waals surface area contributed by atoms with Gasteiger partial charge in [0.25, 0.3) is 0 Å². The SMILES string of the molecule is C=CC(=O)Nc1cc(Nc2ncc(F)c(-c3c4n(c5c(C)cccc35)CCOC4)n2)c(OC)cc1N(C)CCN(C)C. The van der Waals surface area contributed by atoms with Crippen molar-refractivity contribution < 1.29 is 18.7 Å². The summed E-state index contributed by atoms with van der Waals surface area (Å²) in [5.74, 6) is -0.205.